The lowest BCUT2D eigenvalue weighted by Crippen LogP contribution is -2.54. The van der Waals surface area contributed by atoms with Crippen LogP contribution in [0.1, 0.15) is 50.1 Å². The lowest BCUT2D eigenvalue weighted by atomic mass is 9.71. The molecule has 2 fully saturated rings. The zero-order valence-corrected chi connectivity index (χ0v) is 15.3. The second-order valence-corrected chi connectivity index (χ2v) is 7.90. The molecule has 1 aromatic heterocycles. The summed E-state index contributed by atoms with van der Waals surface area (Å²) >= 11 is 0. The molecule has 4 nitrogen and oxygen atoms in total. The van der Waals surface area contributed by atoms with Crippen molar-refractivity contribution in [3.8, 4) is 0 Å². The summed E-state index contributed by atoms with van der Waals surface area (Å²) in [6.45, 7) is 1.39. The molecule has 1 aliphatic heterocycles. The Kier molecular flexibility index (Phi) is 4.86. The van der Waals surface area contributed by atoms with Crippen LogP contribution in [-0.2, 0) is 4.79 Å². The fourth-order valence-electron chi connectivity index (χ4n) is 4.72. The Morgan fingerprint density at radius 3 is 2.65 bits per heavy atom. The van der Waals surface area contributed by atoms with Gasteiger partial charge in [-0.3, -0.25) is 4.79 Å². The fourth-order valence-corrected chi connectivity index (χ4v) is 4.72. The number of rotatable bonds is 4. The lowest BCUT2D eigenvalue weighted by molar-refractivity contribution is -0.143. The third-order valence-electron chi connectivity index (χ3n) is 6.32. The van der Waals surface area contributed by atoms with Crippen molar-refractivity contribution in [3.05, 3.63) is 60.4 Å². The molecule has 0 spiro atoms. The lowest BCUT2D eigenvalue weighted by Gasteiger charge is -2.47. The van der Waals surface area contributed by atoms with Gasteiger partial charge in [-0.1, -0.05) is 43.2 Å². The predicted octanol–water partition coefficient (Wildman–Crippen LogP) is 3.62. The fraction of sp³-hybridized carbons (Fsp3) is 0.500. The molecule has 4 rings (SSSR count). The van der Waals surface area contributed by atoms with E-state index in [9.17, 15) is 9.90 Å². The Balaban J connectivity index is 1.49. The van der Waals surface area contributed by atoms with E-state index in [2.05, 4.69) is 16.7 Å². The molecule has 1 aliphatic carbocycles. The number of aliphatic hydroxyl groups is 1. The molecule has 2 heterocycles. The van der Waals surface area contributed by atoms with Gasteiger partial charge in [-0.15, -0.1) is 0 Å². The van der Waals surface area contributed by atoms with E-state index < -0.39 is 5.60 Å². The van der Waals surface area contributed by atoms with Crippen LogP contribution in [0.15, 0.2) is 54.9 Å². The van der Waals surface area contributed by atoms with Crippen LogP contribution >= 0.6 is 0 Å². The van der Waals surface area contributed by atoms with Crippen molar-refractivity contribution in [2.45, 2.75) is 50.2 Å². The van der Waals surface area contributed by atoms with E-state index >= 15 is 0 Å². The standard InChI is InChI=1S/C22H28N2O2/c25-21(24-15-12-22(26)11-5-4-10-19(22)17-24)16-20(23-13-6-7-14-23)18-8-2-1-3-9-18/h1-3,6-9,13-14,19-20,26H,4-5,10-12,15-17H2/t19-,20+,22-/m0/s1. The summed E-state index contributed by atoms with van der Waals surface area (Å²) in [7, 11) is 0. The van der Waals surface area contributed by atoms with E-state index in [0.717, 1.165) is 31.2 Å². The van der Waals surface area contributed by atoms with Gasteiger partial charge in [0.1, 0.15) is 0 Å². The summed E-state index contributed by atoms with van der Waals surface area (Å²) in [5.74, 6) is 0.441. The maximum atomic E-state index is 13.1. The SMILES string of the molecule is O=C(C[C@H](c1ccccc1)n1cccc1)N1CC[C@@]2(O)CCCC[C@H]2C1. The minimum Gasteiger partial charge on any atom is -0.389 e. The molecule has 1 aromatic carbocycles. The van der Waals surface area contributed by atoms with Crippen LogP contribution in [0.4, 0.5) is 0 Å². The minimum absolute atomic E-state index is 0.0193. The van der Waals surface area contributed by atoms with E-state index in [-0.39, 0.29) is 17.9 Å². The Bertz CT molecular complexity index is 728. The molecule has 0 radical (unpaired) electrons. The van der Waals surface area contributed by atoms with Crippen molar-refractivity contribution >= 4 is 5.91 Å². The van der Waals surface area contributed by atoms with Gasteiger partial charge >= 0.3 is 0 Å². The van der Waals surface area contributed by atoms with Crippen LogP contribution in [-0.4, -0.2) is 39.2 Å². The van der Waals surface area contributed by atoms with Crippen LogP contribution < -0.4 is 0 Å². The Morgan fingerprint density at radius 1 is 1.12 bits per heavy atom. The van der Waals surface area contributed by atoms with Crippen molar-refractivity contribution in [2.24, 2.45) is 5.92 Å². The van der Waals surface area contributed by atoms with Crippen molar-refractivity contribution in [2.75, 3.05) is 13.1 Å². The summed E-state index contributed by atoms with van der Waals surface area (Å²) in [4.78, 5) is 15.1. The molecule has 3 atom stereocenters. The summed E-state index contributed by atoms with van der Waals surface area (Å²) in [6, 6.07) is 14.3. The molecular formula is C22H28N2O2. The summed E-state index contributed by atoms with van der Waals surface area (Å²) < 4.78 is 2.12. The van der Waals surface area contributed by atoms with Crippen LogP contribution in [0.2, 0.25) is 0 Å². The maximum Gasteiger partial charge on any atom is 0.225 e. The van der Waals surface area contributed by atoms with Gasteiger partial charge in [0.05, 0.1) is 18.1 Å². The molecular weight excluding hydrogens is 324 g/mol. The molecule has 138 valence electrons. The first-order chi connectivity index (χ1) is 12.7. The predicted molar refractivity (Wildman–Crippen MR) is 102 cm³/mol. The highest BCUT2D eigenvalue weighted by molar-refractivity contribution is 5.77. The van der Waals surface area contributed by atoms with E-state index in [4.69, 9.17) is 0 Å². The molecule has 1 amide bonds. The van der Waals surface area contributed by atoms with Crippen LogP contribution in [0.25, 0.3) is 0 Å². The molecule has 1 saturated heterocycles. The highest BCUT2D eigenvalue weighted by atomic mass is 16.3. The largest absolute Gasteiger partial charge is 0.389 e. The first-order valence-corrected chi connectivity index (χ1v) is 9.83. The average Bonchev–Trinajstić information content (AvgIpc) is 3.20. The number of benzene rings is 1. The third kappa shape index (κ3) is 3.43. The van der Waals surface area contributed by atoms with E-state index in [1.807, 2.05) is 47.6 Å². The number of carbonyl (C=O) groups is 1. The second-order valence-electron chi connectivity index (χ2n) is 7.90. The summed E-state index contributed by atoms with van der Waals surface area (Å²) in [5.41, 5.74) is 0.622. The molecule has 0 unspecified atom stereocenters. The average molecular weight is 352 g/mol. The molecule has 2 aliphatic rings. The number of aromatic nitrogens is 1. The van der Waals surface area contributed by atoms with Gasteiger partial charge in [-0.2, -0.15) is 0 Å². The van der Waals surface area contributed by atoms with Gasteiger partial charge in [-0.05, 0) is 37.0 Å². The number of hydrogen-bond acceptors (Lipinski definition) is 2. The second kappa shape index (κ2) is 7.28. The quantitative estimate of drug-likeness (QED) is 0.913. The number of hydrogen-bond donors (Lipinski definition) is 1. The molecule has 4 heteroatoms. The zero-order valence-electron chi connectivity index (χ0n) is 15.3. The van der Waals surface area contributed by atoms with Crippen molar-refractivity contribution in [3.63, 3.8) is 0 Å². The molecule has 26 heavy (non-hydrogen) atoms. The molecule has 2 aromatic rings. The molecule has 1 saturated carbocycles. The van der Waals surface area contributed by atoms with Crippen LogP contribution in [0, 0.1) is 5.92 Å². The smallest absolute Gasteiger partial charge is 0.225 e. The van der Waals surface area contributed by atoms with Crippen molar-refractivity contribution in [1.82, 2.24) is 9.47 Å². The normalized spacial score (nSPS) is 27.0. The zero-order chi connectivity index (χ0) is 18.0. The number of likely N-dealkylation sites (tertiary alicyclic amines) is 1. The first-order valence-electron chi connectivity index (χ1n) is 9.83. The number of piperidine rings is 1. The Labute approximate surface area is 155 Å². The summed E-state index contributed by atoms with van der Waals surface area (Å²) in [5, 5.41) is 10.9. The molecule has 1 N–H and O–H groups in total. The highest BCUT2D eigenvalue weighted by Crippen LogP contribution is 2.40. The van der Waals surface area contributed by atoms with E-state index in [1.165, 1.54) is 6.42 Å². The number of nitrogens with zero attached hydrogens (tertiary/aromatic N) is 2. The number of fused-ring (bicyclic) bond motifs is 1. The van der Waals surface area contributed by atoms with Gasteiger partial charge in [0.15, 0.2) is 0 Å². The monoisotopic (exact) mass is 352 g/mol. The van der Waals surface area contributed by atoms with Crippen LogP contribution in [0.5, 0.6) is 0 Å². The van der Waals surface area contributed by atoms with Gasteiger partial charge in [0.25, 0.3) is 0 Å². The number of amides is 1. The van der Waals surface area contributed by atoms with E-state index in [1.54, 1.807) is 0 Å². The van der Waals surface area contributed by atoms with Crippen molar-refractivity contribution in [1.29, 1.82) is 0 Å². The molecule has 0 bridgehead atoms. The number of carbonyl (C=O) groups excluding carboxylic acids is 1. The first kappa shape index (κ1) is 17.3. The van der Waals surface area contributed by atoms with Gasteiger partial charge in [-0.25, -0.2) is 0 Å². The minimum atomic E-state index is -0.533. The van der Waals surface area contributed by atoms with E-state index in [0.29, 0.717) is 19.5 Å². The van der Waals surface area contributed by atoms with Crippen LogP contribution in [0.3, 0.4) is 0 Å². The topological polar surface area (TPSA) is 45.5 Å². The highest BCUT2D eigenvalue weighted by Gasteiger charge is 2.43. The van der Waals surface area contributed by atoms with Gasteiger partial charge in [0.2, 0.25) is 5.91 Å². The van der Waals surface area contributed by atoms with Gasteiger partial charge < -0.3 is 14.6 Å². The van der Waals surface area contributed by atoms with Crippen molar-refractivity contribution < 1.29 is 9.90 Å². The Morgan fingerprint density at radius 2 is 1.88 bits per heavy atom. The van der Waals surface area contributed by atoms with Gasteiger partial charge in [0, 0.05) is 31.4 Å². The maximum absolute atomic E-state index is 13.1. The third-order valence-corrected chi connectivity index (χ3v) is 6.32. The summed E-state index contributed by atoms with van der Waals surface area (Å²) in [6.07, 6.45) is 9.47. The Hall–Kier alpha value is -2.07.